The molecular formula is C33H36N2O7S. The number of fused-ring (bicyclic) bond motifs is 1. The second-order valence-corrected chi connectivity index (χ2v) is 13.1. The van der Waals surface area contributed by atoms with Crippen LogP contribution in [-0.2, 0) is 33.6 Å². The number of Topliss-reactive ketones (excluding diaryl/α,β-unsaturated/α-hetero) is 1. The second-order valence-electron chi connectivity index (χ2n) is 12.1. The third-order valence-corrected chi connectivity index (χ3v) is 7.82. The maximum atomic E-state index is 14.2. The van der Waals surface area contributed by atoms with Gasteiger partial charge in [-0.2, -0.15) is 0 Å². The smallest absolute Gasteiger partial charge is 0.311 e. The molecule has 0 fully saturated rings. The predicted octanol–water partition coefficient (Wildman–Crippen LogP) is 6.00. The lowest BCUT2D eigenvalue weighted by atomic mass is 9.79. The van der Waals surface area contributed by atoms with Gasteiger partial charge in [0, 0.05) is 34.5 Å². The van der Waals surface area contributed by atoms with E-state index >= 15 is 0 Å². The van der Waals surface area contributed by atoms with Crippen LogP contribution in [0.4, 0.5) is 0 Å². The molecule has 1 aromatic carbocycles. The monoisotopic (exact) mass is 604 g/mol. The Labute approximate surface area is 253 Å². The van der Waals surface area contributed by atoms with E-state index in [1.165, 1.54) is 31.4 Å². The Bertz CT molecular complexity index is 1730. The molecule has 9 nitrogen and oxygen atoms in total. The number of pyridine rings is 2. The zero-order valence-corrected chi connectivity index (χ0v) is 26.2. The maximum Gasteiger partial charge on any atom is 0.311 e. The van der Waals surface area contributed by atoms with Crippen LogP contribution in [-0.4, -0.2) is 42.8 Å². The van der Waals surface area contributed by atoms with E-state index in [1.807, 2.05) is 25.1 Å². The Kier molecular flexibility index (Phi) is 9.03. The molecular weight excluding hydrogens is 568 g/mol. The van der Waals surface area contributed by atoms with Gasteiger partial charge in [0.2, 0.25) is 5.78 Å². The SMILES string of the molecule is COC(=O)C(C)(C)Cc1c(C(=O)C(C)(C)C)c2cc(OCc3cccc(C)n3)ccn2c1C(=O)c1ccc(S(=O)O)cc1. The van der Waals surface area contributed by atoms with Crippen molar-refractivity contribution in [2.24, 2.45) is 10.8 Å². The molecule has 0 saturated carbocycles. The largest absolute Gasteiger partial charge is 0.487 e. The quantitative estimate of drug-likeness (QED) is 0.133. The number of nitrogens with zero attached hydrogens (tertiary/aromatic N) is 2. The van der Waals surface area contributed by atoms with Crippen molar-refractivity contribution in [1.29, 1.82) is 0 Å². The Morgan fingerprint density at radius 3 is 2.26 bits per heavy atom. The van der Waals surface area contributed by atoms with Crippen molar-refractivity contribution in [1.82, 2.24) is 9.38 Å². The standard InChI is InChI=1S/C33H36N2O7S/c1-20-9-8-10-22(34-20)19-42-23-15-16-35-26(17-23)27(30(37)32(2,3)4)25(18-33(5,6)31(38)41-7)28(35)29(36)21-11-13-24(14-12-21)43(39)40/h8-17H,18-19H2,1-7H3,(H,39,40). The minimum absolute atomic E-state index is 0.0434. The molecule has 3 aromatic heterocycles. The number of ketones is 2. The van der Waals surface area contributed by atoms with Crippen molar-refractivity contribution < 1.29 is 32.6 Å². The topological polar surface area (TPSA) is 124 Å². The van der Waals surface area contributed by atoms with Gasteiger partial charge in [-0.15, -0.1) is 0 Å². The number of aryl methyl sites for hydroxylation is 1. The van der Waals surface area contributed by atoms with Crippen molar-refractivity contribution in [3.63, 3.8) is 0 Å². The highest BCUT2D eigenvalue weighted by Gasteiger charge is 2.38. The van der Waals surface area contributed by atoms with Crippen LogP contribution in [0.2, 0.25) is 0 Å². The van der Waals surface area contributed by atoms with Gasteiger partial charge in [0.25, 0.3) is 0 Å². The van der Waals surface area contributed by atoms with Crippen LogP contribution in [0.1, 0.15) is 78.0 Å². The van der Waals surface area contributed by atoms with Gasteiger partial charge in [0.05, 0.1) is 34.3 Å². The van der Waals surface area contributed by atoms with Crippen LogP contribution in [0.3, 0.4) is 0 Å². The highest BCUT2D eigenvalue weighted by atomic mass is 32.2. The van der Waals surface area contributed by atoms with Crippen molar-refractivity contribution in [3.05, 3.63) is 94.6 Å². The number of aromatic nitrogens is 2. The van der Waals surface area contributed by atoms with E-state index in [2.05, 4.69) is 4.98 Å². The average molecular weight is 605 g/mol. The number of hydrogen-bond acceptors (Lipinski definition) is 7. The summed E-state index contributed by atoms with van der Waals surface area (Å²) in [6.07, 6.45) is 1.72. The van der Waals surface area contributed by atoms with Crippen LogP contribution >= 0.6 is 0 Å². The van der Waals surface area contributed by atoms with Crippen LogP contribution in [0.25, 0.3) is 5.52 Å². The molecule has 0 aliphatic rings. The molecule has 0 aliphatic heterocycles. The second kappa shape index (κ2) is 12.2. The minimum Gasteiger partial charge on any atom is -0.487 e. The summed E-state index contributed by atoms with van der Waals surface area (Å²) in [7, 11) is 1.30. The van der Waals surface area contributed by atoms with Gasteiger partial charge in [-0.1, -0.05) is 26.8 Å². The molecule has 1 unspecified atom stereocenters. The summed E-state index contributed by atoms with van der Waals surface area (Å²) in [6.45, 7) is 10.9. The van der Waals surface area contributed by atoms with Crippen LogP contribution in [0.5, 0.6) is 5.75 Å². The summed E-state index contributed by atoms with van der Waals surface area (Å²) in [5.41, 5.74) is 1.37. The van der Waals surface area contributed by atoms with Crippen molar-refractivity contribution in [3.8, 4) is 5.75 Å². The lowest BCUT2D eigenvalue weighted by Gasteiger charge is -2.24. The zero-order chi connectivity index (χ0) is 31.7. The molecule has 0 radical (unpaired) electrons. The number of rotatable bonds is 10. The number of esters is 1. The van der Waals surface area contributed by atoms with Gasteiger partial charge in [-0.25, -0.2) is 4.21 Å². The Morgan fingerprint density at radius 2 is 1.67 bits per heavy atom. The summed E-state index contributed by atoms with van der Waals surface area (Å²) in [5.74, 6) is -0.627. The molecule has 0 spiro atoms. The Morgan fingerprint density at radius 1 is 1.00 bits per heavy atom. The molecule has 0 aliphatic carbocycles. The molecule has 0 amide bonds. The van der Waals surface area contributed by atoms with E-state index in [1.54, 1.807) is 57.3 Å². The predicted molar refractivity (Wildman–Crippen MR) is 163 cm³/mol. The zero-order valence-electron chi connectivity index (χ0n) is 25.4. The number of hydrogen-bond donors (Lipinski definition) is 1. The number of ether oxygens (including phenoxy) is 2. The fourth-order valence-electron chi connectivity index (χ4n) is 4.91. The molecule has 3 heterocycles. The van der Waals surface area contributed by atoms with Crippen LogP contribution < -0.4 is 4.74 Å². The van der Waals surface area contributed by atoms with Gasteiger partial charge >= 0.3 is 5.97 Å². The molecule has 1 atom stereocenters. The highest BCUT2D eigenvalue weighted by molar-refractivity contribution is 7.79. The van der Waals surface area contributed by atoms with E-state index in [0.717, 1.165) is 11.4 Å². The summed E-state index contributed by atoms with van der Waals surface area (Å²) < 4.78 is 33.7. The number of benzene rings is 1. The molecule has 0 bridgehead atoms. The van der Waals surface area contributed by atoms with E-state index in [-0.39, 0.29) is 35.0 Å². The normalized spacial score (nSPS) is 12.7. The molecule has 43 heavy (non-hydrogen) atoms. The molecule has 4 rings (SSSR count). The third-order valence-electron chi connectivity index (χ3n) is 7.14. The summed E-state index contributed by atoms with van der Waals surface area (Å²) in [5, 5.41) is 0. The van der Waals surface area contributed by atoms with E-state index < -0.39 is 33.7 Å². The van der Waals surface area contributed by atoms with Crippen LogP contribution in [0, 0.1) is 17.8 Å². The molecule has 4 aromatic rings. The van der Waals surface area contributed by atoms with E-state index in [4.69, 9.17) is 9.47 Å². The number of carbonyl (C=O) groups is 3. The van der Waals surface area contributed by atoms with Gasteiger partial charge in [0.1, 0.15) is 12.4 Å². The lowest BCUT2D eigenvalue weighted by Crippen LogP contribution is -2.30. The molecule has 10 heteroatoms. The first-order chi connectivity index (χ1) is 20.1. The van der Waals surface area contributed by atoms with Crippen molar-refractivity contribution in [2.45, 2.75) is 59.5 Å². The molecule has 0 saturated heterocycles. The maximum absolute atomic E-state index is 14.2. The van der Waals surface area contributed by atoms with E-state index in [9.17, 15) is 23.1 Å². The summed E-state index contributed by atoms with van der Waals surface area (Å²) in [4.78, 5) is 45.7. The number of methoxy groups -OCH3 is 1. The Balaban J connectivity index is 1.95. The first-order valence-electron chi connectivity index (χ1n) is 13.7. The van der Waals surface area contributed by atoms with Crippen molar-refractivity contribution >= 4 is 34.1 Å². The van der Waals surface area contributed by atoms with Gasteiger partial charge in [-0.3, -0.25) is 19.4 Å². The van der Waals surface area contributed by atoms with Gasteiger partial charge < -0.3 is 18.4 Å². The number of carbonyl (C=O) groups excluding carboxylic acids is 3. The average Bonchev–Trinajstić information content (AvgIpc) is 3.26. The lowest BCUT2D eigenvalue weighted by molar-refractivity contribution is -0.150. The highest BCUT2D eigenvalue weighted by Crippen LogP contribution is 2.37. The summed E-state index contributed by atoms with van der Waals surface area (Å²) in [6, 6.07) is 14.8. The molecule has 1 N–H and O–H groups in total. The fourth-order valence-corrected chi connectivity index (χ4v) is 5.28. The molecule has 226 valence electrons. The first kappa shape index (κ1) is 31.8. The van der Waals surface area contributed by atoms with Crippen LogP contribution in [0.15, 0.2) is 65.7 Å². The van der Waals surface area contributed by atoms with Gasteiger partial charge in [-0.05, 0) is 75.2 Å². The fraction of sp³-hybridized carbons (Fsp3) is 0.333. The van der Waals surface area contributed by atoms with E-state index in [0.29, 0.717) is 22.4 Å². The van der Waals surface area contributed by atoms with Crippen molar-refractivity contribution in [2.75, 3.05) is 7.11 Å². The first-order valence-corrected chi connectivity index (χ1v) is 14.9. The Hall–Kier alpha value is -4.15. The van der Waals surface area contributed by atoms with Gasteiger partial charge in [0.15, 0.2) is 16.9 Å². The third kappa shape index (κ3) is 6.76. The minimum atomic E-state index is -2.20. The summed E-state index contributed by atoms with van der Waals surface area (Å²) >= 11 is -2.20.